The zero-order valence-electron chi connectivity index (χ0n) is 21.6. The van der Waals surface area contributed by atoms with Crippen LogP contribution in [0.4, 0.5) is 0 Å². The first-order chi connectivity index (χ1) is 17.9. The summed E-state index contributed by atoms with van der Waals surface area (Å²) in [5.74, 6) is 0.00634. The van der Waals surface area contributed by atoms with Crippen molar-refractivity contribution in [1.29, 1.82) is 0 Å². The van der Waals surface area contributed by atoms with E-state index in [9.17, 15) is 9.90 Å². The molecule has 9 heteroatoms. The highest BCUT2D eigenvalue weighted by atomic mass is 16.4. The number of tetrazole rings is 1. The molecule has 0 saturated carbocycles. The van der Waals surface area contributed by atoms with Gasteiger partial charge in [-0.3, -0.25) is 14.6 Å². The average Bonchev–Trinajstić information content (AvgIpc) is 3.34. The van der Waals surface area contributed by atoms with Crippen molar-refractivity contribution in [3.8, 4) is 17.1 Å². The van der Waals surface area contributed by atoms with Crippen molar-refractivity contribution >= 4 is 5.97 Å². The largest absolute Gasteiger partial charge is 0.508 e. The summed E-state index contributed by atoms with van der Waals surface area (Å²) in [6.45, 7) is 11.7. The third kappa shape index (κ3) is 6.61. The van der Waals surface area contributed by atoms with Crippen LogP contribution in [-0.4, -0.2) is 77.9 Å². The number of aryl methyl sites for hydroxylation is 1. The molecule has 1 aliphatic rings. The fourth-order valence-corrected chi connectivity index (χ4v) is 5.07. The number of carboxylic acid groups (broad SMARTS) is 1. The van der Waals surface area contributed by atoms with Gasteiger partial charge in [0, 0.05) is 43.7 Å². The highest BCUT2D eigenvalue weighted by molar-refractivity contribution is 5.66. The molecule has 3 atom stereocenters. The van der Waals surface area contributed by atoms with Crippen LogP contribution in [0, 0.1) is 0 Å². The summed E-state index contributed by atoms with van der Waals surface area (Å²) in [6, 6.07) is 16.4. The highest BCUT2D eigenvalue weighted by Crippen LogP contribution is 2.35. The molecule has 2 aromatic carbocycles. The topological polar surface area (TPSA) is 108 Å². The van der Waals surface area contributed by atoms with Gasteiger partial charge >= 0.3 is 5.97 Å². The van der Waals surface area contributed by atoms with Crippen LogP contribution < -0.4 is 0 Å². The number of unbranched alkanes of at least 4 members (excludes halogenated alkanes) is 1. The van der Waals surface area contributed by atoms with Crippen molar-refractivity contribution in [2.24, 2.45) is 0 Å². The number of phenols is 1. The minimum absolute atomic E-state index is 0.0117. The quantitative estimate of drug-likeness (QED) is 0.298. The van der Waals surface area contributed by atoms with E-state index in [2.05, 4.69) is 63.8 Å². The summed E-state index contributed by atoms with van der Waals surface area (Å²) in [7, 11) is 0. The predicted octanol–water partition coefficient (Wildman–Crippen LogP) is 3.97. The third-order valence-electron chi connectivity index (χ3n) is 6.98. The summed E-state index contributed by atoms with van der Waals surface area (Å²) in [5, 5.41) is 31.8. The second-order valence-electron chi connectivity index (χ2n) is 9.82. The molecule has 0 radical (unpaired) electrons. The highest BCUT2D eigenvalue weighted by Gasteiger charge is 2.34. The Morgan fingerprint density at radius 3 is 2.59 bits per heavy atom. The molecule has 0 amide bonds. The fourth-order valence-electron chi connectivity index (χ4n) is 5.07. The molecule has 0 aliphatic carbocycles. The lowest BCUT2D eigenvalue weighted by molar-refractivity contribution is -0.137. The Labute approximate surface area is 218 Å². The first kappa shape index (κ1) is 26.5. The second kappa shape index (κ2) is 12.1. The molecule has 1 saturated heterocycles. The van der Waals surface area contributed by atoms with Crippen LogP contribution in [0.25, 0.3) is 11.4 Å². The molecule has 37 heavy (non-hydrogen) atoms. The molecular formula is C28H36N6O3. The number of phenolic OH excluding ortho intramolecular Hbond substituents is 1. The van der Waals surface area contributed by atoms with Crippen molar-refractivity contribution in [2.75, 3.05) is 19.6 Å². The van der Waals surface area contributed by atoms with Gasteiger partial charge < -0.3 is 10.2 Å². The SMILES string of the molecule is C=CCN1C[C@H](C)N([C@H](c2ccc(-c3nnn(CCCCC(=O)O)n3)cc2)c2cccc(O)c2)CC1C. The molecule has 0 spiro atoms. The van der Waals surface area contributed by atoms with Crippen molar-refractivity contribution in [3.05, 3.63) is 72.3 Å². The number of aromatic nitrogens is 4. The molecule has 1 aliphatic heterocycles. The lowest BCUT2D eigenvalue weighted by Gasteiger charge is -2.47. The number of aliphatic carboxylic acids is 1. The van der Waals surface area contributed by atoms with Crippen LogP contribution in [0.15, 0.2) is 61.2 Å². The lowest BCUT2D eigenvalue weighted by Crippen LogP contribution is -2.57. The van der Waals surface area contributed by atoms with E-state index in [0.717, 1.165) is 36.3 Å². The molecule has 1 unspecified atom stereocenters. The summed E-state index contributed by atoms with van der Waals surface area (Å²) < 4.78 is 0. The maximum absolute atomic E-state index is 10.7. The molecule has 2 heterocycles. The van der Waals surface area contributed by atoms with Gasteiger partial charge in [-0.15, -0.1) is 16.8 Å². The van der Waals surface area contributed by atoms with Gasteiger partial charge in [0.05, 0.1) is 12.6 Å². The second-order valence-corrected chi connectivity index (χ2v) is 9.82. The van der Waals surface area contributed by atoms with Gasteiger partial charge in [0.1, 0.15) is 5.75 Å². The molecular weight excluding hydrogens is 468 g/mol. The Hall–Kier alpha value is -3.56. The standard InChI is InChI=1S/C28H36N6O3/c1-4-15-32-18-21(3)33(19-20(32)2)27(24-8-7-9-25(35)17-24)22-11-13-23(14-12-22)28-29-31-34(30-28)16-6-5-10-26(36)37/h4,7-9,11-14,17,20-21,27,35H,1,5-6,10,15-16,18-19H2,2-3H3,(H,36,37)/t20?,21-,27+/m0/s1. The van der Waals surface area contributed by atoms with Crippen LogP contribution in [0.5, 0.6) is 5.75 Å². The van der Waals surface area contributed by atoms with E-state index < -0.39 is 5.97 Å². The maximum Gasteiger partial charge on any atom is 0.303 e. The fraction of sp³-hybridized carbons (Fsp3) is 0.429. The molecule has 4 rings (SSSR count). The average molecular weight is 505 g/mol. The molecule has 1 fully saturated rings. The van der Waals surface area contributed by atoms with E-state index in [1.165, 1.54) is 4.80 Å². The Kier molecular flexibility index (Phi) is 8.68. The normalized spacial score (nSPS) is 19.5. The Morgan fingerprint density at radius 2 is 1.89 bits per heavy atom. The molecule has 196 valence electrons. The van der Waals surface area contributed by atoms with Crippen LogP contribution in [0.1, 0.15) is 50.3 Å². The van der Waals surface area contributed by atoms with Gasteiger partial charge in [0.25, 0.3) is 0 Å². The zero-order chi connectivity index (χ0) is 26.4. The number of rotatable bonds is 11. The molecule has 1 aromatic heterocycles. The van der Waals surface area contributed by atoms with E-state index in [-0.39, 0.29) is 18.2 Å². The van der Waals surface area contributed by atoms with Crippen LogP contribution >= 0.6 is 0 Å². The van der Waals surface area contributed by atoms with E-state index in [1.54, 1.807) is 6.07 Å². The minimum Gasteiger partial charge on any atom is -0.508 e. The van der Waals surface area contributed by atoms with Crippen LogP contribution in [0.3, 0.4) is 0 Å². The number of hydrogen-bond acceptors (Lipinski definition) is 7. The van der Waals surface area contributed by atoms with Crippen molar-refractivity contribution in [3.63, 3.8) is 0 Å². The van der Waals surface area contributed by atoms with Crippen molar-refractivity contribution in [2.45, 2.75) is 57.8 Å². The Balaban J connectivity index is 1.55. The van der Waals surface area contributed by atoms with E-state index in [1.807, 2.05) is 30.3 Å². The monoisotopic (exact) mass is 504 g/mol. The van der Waals surface area contributed by atoms with E-state index >= 15 is 0 Å². The third-order valence-corrected chi connectivity index (χ3v) is 6.98. The first-order valence-corrected chi connectivity index (χ1v) is 12.8. The molecule has 3 aromatic rings. The Bertz CT molecular complexity index is 1190. The zero-order valence-corrected chi connectivity index (χ0v) is 21.6. The van der Waals surface area contributed by atoms with Gasteiger partial charge in [0.15, 0.2) is 0 Å². The van der Waals surface area contributed by atoms with Crippen LogP contribution in [0.2, 0.25) is 0 Å². The van der Waals surface area contributed by atoms with Gasteiger partial charge in [-0.25, -0.2) is 0 Å². The number of benzene rings is 2. The van der Waals surface area contributed by atoms with Gasteiger partial charge in [-0.2, -0.15) is 4.80 Å². The smallest absolute Gasteiger partial charge is 0.303 e. The van der Waals surface area contributed by atoms with Crippen molar-refractivity contribution < 1.29 is 15.0 Å². The number of aromatic hydroxyl groups is 1. The maximum atomic E-state index is 10.7. The van der Waals surface area contributed by atoms with Gasteiger partial charge in [-0.05, 0) is 55.2 Å². The predicted molar refractivity (Wildman–Crippen MR) is 142 cm³/mol. The summed E-state index contributed by atoms with van der Waals surface area (Å²) in [5.41, 5.74) is 3.05. The van der Waals surface area contributed by atoms with Crippen molar-refractivity contribution in [1.82, 2.24) is 30.0 Å². The van der Waals surface area contributed by atoms with Gasteiger partial charge in [0.2, 0.25) is 5.82 Å². The number of piperazine rings is 1. The van der Waals surface area contributed by atoms with Crippen LogP contribution in [-0.2, 0) is 11.3 Å². The number of carboxylic acids is 1. The first-order valence-electron chi connectivity index (χ1n) is 12.8. The number of hydrogen-bond donors (Lipinski definition) is 2. The minimum atomic E-state index is -0.793. The summed E-state index contributed by atoms with van der Waals surface area (Å²) in [6.07, 6.45) is 3.37. The molecule has 0 bridgehead atoms. The van der Waals surface area contributed by atoms with Gasteiger partial charge in [-0.1, -0.05) is 42.5 Å². The molecule has 9 nitrogen and oxygen atoms in total. The summed E-state index contributed by atoms with van der Waals surface area (Å²) >= 11 is 0. The lowest BCUT2D eigenvalue weighted by atomic mass is 9.92. The summed E-state index contributed by atoms with van der Waals surface area (Å²) in [4.78, 5) is 17.2. The Morgan fingerprint density at radius 1 is 1.11 bits per heavy atom. The van der Waals surface area contributed by atoms with E-state index in [4.69, 9.17) is 5.11 Å². The van der Waals surface area contributed by atoms with E-state index in [0.29, 0.717) is 37.3 Å². The number of nitrogens with zero attached hydrogens (tertiary/aromatic N) is 6. The molecule has 2 N–H and O–H groups in total. The number of carbonyl (C=O) groups is 1.